The number of aromatic nitrogens is 2. The molecule has 3 rings (SSSR count). The number of nitrogens with zero attached hydrogens (tertiary/aromatic N) is 3. The van der Waals surface area contributed by atoms with Gasteiger partial charge < -0.3 is 14.7 Å². The minimum atomic E-state index is -1.05. The summed E-state index contributed by atoms with van der Waals surface area (Å²) in [7, 11) is 0. The van der Waals surface area contributed by atoms with Crippen molar-refractivity contribution in [2.75, 3.05) is 24.6 Å². The standard InChI is InChI=1S/C22H28FN3O3/c1-2-16-14-24-22(25-15-16)26-9-7-17(8-10-26)4-3-11-29-19-6-5-18(12-21(27)28)20(23)13-19/h5-6,13-15,17H,2-4,7-12H2,1H3,(H,27,28). The van der Waals surface area contributed by atoms with Crippen molar-refractivity contribution >= 4 is 11.9 Å². The first-order valence-corrected chi connectivity index (χ1v) is 10.2. The molecule has 2 aromatic rings. The highest BCUT2D eigenvalue weighted by Crippen LogP contribution is 2.24. The number of carboxylic acid groups (broad SMARTS) is 1. The minimum absolute atomic E-state index is 0.171. The number of carbonyl (C=O) groups is 1. The molecule has 29 heavy (non-hydrogen) atoms. The Morgan fingerprint density at radius 2 is 2.00 bits per heavy atom. The van der Waals surface area contributed by atoms with E-state index in [2.05, 4.69) is 21.8 Å². The maximum atomic E-state index is 13.9. The van der Waals surface area contributed by atoms with E-state index in [-0.39, 0.29) is 12.0 Å². The normalized spacial score (nSPS) is 14.8. The molecule has 0 aliphatic carbocycles. The molecule has 0 unspecified atom stereocenters. The number of halogens is 1. The Morgan fingerprint density at radius 1 is 1.28 bits per heavy atom. The Labute approximate surface area is 170 Å². The molecule has 0 radical (unpaired) electrons. The van der Waals surface area contributed by atoms with Crippen LogP contribution >= 0.6 is 0 Å². The van der Waals surface area contributed by atoms with Crippen LogP contribution < -0.4 is 9.64 Å². The van der Waals surface area contributed by atoms with E-state index in [1.165, 1.54) is 12.1 Å². The van der Waals surface area contributed by atoms with Crippen molar-refractivity contribution in [3.8, 4) is 5.75 Å². The van der Waals surface area contributed by atoms with Gasteiger partial charge in [-0.15, -0.1) is 0 Å². The van der Waals surface area contributed by atoms with Crippen LogP contribution in [0.3, 0.4) is 0 Å². The maximum Gasteiger partial charge on any atom is 0.307 e. The number of hydrogen-bond acceptors (Lipinski definition) is 5. The molecule has 1 aliphatic heterocycles. The van der Waals surface area contributed by atoms with Gasteiger partial charge >= 0.3 is 5.97 Å². The first-order chi connectivity index (χ1) is 14.0. The summed E-state index contributed by atoms with van der Waals surface area (Å²) in [4.78, 5) is 21.9. The zero-order valence-electron chi connectivity index (χ0n) is 16.8. The number of carboxylic acids is 1. The third kappa shape index (κ3) is 6.14. The molecule has 1 saturated heterocycles. The van der Waals surface area contributed by atoms with E-state index < -0.39 is 11.8 Å². The summed E-state index contributed by atoms with van der Waals surface area (Å²) in [6.45, 7) is 4.55. The number of aryl methyl sites for hydroxylation is 1. The Kier molecular flexibility index (Phi) is 7.38. The summed E-state index contributed by atoms with van der Waals surface area (Å²) in [5.74, 6) is 0.329. The maximum absolute atomic E-state index is 13.9. The van der Waals surface area contributed by atoms with E-state index in [1.54, 1.807) is 6.07 Å². The number of hydrogen-bond donors (Lipinski definition) is 1. The topological polar surface area (TPSA) is 75.6 Å². The van der Waals surface area contributed by atoms with Crippen LogP contribution in [0, 0.1) is 11.7 Å². The molecular formula is C22H28FN3O3. The number of rotatable bonds is 9. The fourth-order valence-electron chi connectivity index (χ4n) is 3.60. The largest absolute Gasteiger partial charge is 0.493 e. The van der Waals surface area contributed by atoms with Gasteiger partial charge in [-0.3, -0.25) is 4.79 Å². The lowest BCUT2D eigenvalue weighted by Crippen LogP contribution is -2.35. The molecule has 0 saturated carbocycles. The third-order valence-corrected chi connectivity index (χ3v) is 5.39. The monoisotopic (exact) mass is 401 g/mol. The molecule has 0 bridgehead atoms. The molecule has 0 amide bonds. The second kappa shape index (κ2) is 10.2. The smallest absolute Gasteiger partial charge is 0.307 e. The van der Waals surface area contributed by atoms with Gasteiger partial charge in [0.2, 0.25) is 5.95 Å². The summed E-state index contributed by atoms with van der Waals surface area (Å²) in [6.07, 6.45) is 8.64. The Morgan fingerprint density at radius 3 is 2.62 bits per heavy atom. The molecule has 0 atom stereocenters. The zero-order chi connectivity index (χ0) is 20.6. The van der Waals surface area contributed by atoms with Crippen LogP contribution in [0.15, 0.2) is 30.6 Å². The molecule has 1 N–H and O–H groups in total. The van der Waals surface area contributed by atoms with Crippen molar-refractivity contribution in [3.05, 3.63) is 47.5 Å². The van der Waals surface area contributed by atoms with Gasteiger partial charge in [0.15, 0.2) is 0 Å². The van der Waals surface area contributed by atoms with E-state index in [1.807, 2.05) is 12.4 Å². The van der Waals surface area contributed by atoms with Crippen molar-refractivity contribution in [1.29, 1.82) is 0 Å². The van der Waals surface area contributed by atoms with Gasteiger partial charge in [0.1, 0.15) is 11.6 Å². The molecule has 0 spiro atoms. The Bertz CT molecular complexity index is 805. The number of piperidine rings is 1. The fourth-order valence-corrected chi connectivity index (χ4v) is 3.60. The van der Waals surface area contributed by atoms with Gasteiger partial charge in [-0.25, -0.2) is 14.4 Å². The van der Waals surface area contributed by atoms with Crippen LogP contribution in [-0.2, 0) is 17.6 Å². The van der Waals surface area contributed by atoms with Gasteiger partial charge in [-0.1, -0.05) is 13.0 Å². The number of benzene rings is 1. The summed E-state index contributed by atoms with van der Waals surface area (Å²) in [5.41, 5.74) is 1.32. The zero-order valence-corrected chi connectivity index (χ0v) is 16.8. The number of aliphatic carboxylic acids is 1. The summed E-state index contributed by atoms with van der Waals surface area (Å²) in [5, 5.41) is 8.75. The lowest BCUT2D eigenvalue weighted by molar-refractivity contribution is -0.136. The van der Waals surface area contributed by atoms with E-state index in [0.717, 1.165) is 56.7 Å². The highest BCUT2D eigenvalue weighted by atomic mass is 19.1. The average molecular weight is 401 g/mol. The molecule has 1 aliphatic rings. The molecule has 7 heteroatoms. The average Bonchev–Trinajstić information content (AvgIpc) is 2.73. The third-order valence-electron chi connectivity index (χ3n) is 5.39. The Hall–Kier alpha value is -2.70. The summed E-state index contributed by atoms with van der Waals surface area (Å²) in [6, 6.07) is 4.37. The van der Waals surface area contributed by atoms with E-state index >= 15 is 0 Å². The molecule has 156 valence electrons. The highest BCUT2D eigenvalue weighted by molar-refractivity contribution is 5.70. The molecule has 1 aromatic heterocycles. The Balaban J connectivity index is 1.36. The predicted molar refractivity (Wildman–Crippen MR) is 109 cm³/mol. The van der Waals surface area contributed by atoms with Gasteiger partial charge in [-0.2, -0.15) is 0 Å². The van der Waals surface area contributed by atoms with Gasteiger partial charge in [0.25, 0.3) is 0 Å². The first-order valence-electron chi connectivity index (χ1n) is 10.2. The molecule has 1 aromatic carbocycles. The molecule has 2 heterocycles. The number of anilines is 1. The molecular weight excluding hydrogens is 373 g/mol. The van der Waals surface area contributed by atoms with Crippen molar-refractivity contribution < 1.29 is 19.0 Å². The van der Waals surface area contributed by atoms with E-state index in [4.69, 9.17) is 9.84 Å². The highest BCUT2D eigenvalue weighted by Gasteiger charge is 2.20. The second-order valence-corrected chi connectivity index (χ2v) is 7.49. The van der Waals surface area contributed by atoms with Crippen LogP contribution in [0.25, 0.3) is 0 Å². The van der Waals surface area contributed by atoms with Gasteiger partial charge in [0, 0.05) is 31.5 Å². The van der Waals surface area contributed by atoms with Crippen LogP contribution in [-0.4, -0.2) is 40.7 Å². The fraction of sp³-hybridized carbons (Fsp3) is 0.500. The van der Waals surface area contributed by atoms with Gasteiger partial charge in [-0.05, 0) is 55.2 Å². The lowest BCUT2D eigenvalue weighted by atomic mass is 9.92. The van der Waals surface area contributed by atoms with Crippen LogP contribution in [0.5, 0.6) is 5.75 Å². The van der Waals surface area contributed by atoms with Crippen LogP contribution in [0.2, 0.25) is 0 Å². The van der Waals surface area contributed by atoms with Crippen molar-refractivity contribution in [1.82, 2.24) is 9.97 Å². The van der Waals surface area contributed by atoms with E-state index in [9.17, 15) is 9.18 Å². The van der Waals surface area contributed by atoms with Crippen LogP contribution in [0.4, 0.5) is 10.3 Å². The second-order valence-electron chi connectivity index (χ2n) is 7.49. The molecule has 1 fully saturated rings. The van der Waals surface area contributed by atoms with Crippen LogP contribution in [0.1, 0.15) is 43.7 Å². The summed E-state index contributed by atoms with van der Waals surface area (Å²) < 4.78 is 19.5. The number of ether oxygens (including phenoxy) is 1. The predicted octanol–water partition coefficient (Wildman–Crippen LogP) is 3.88. The molecule has 6 nitrogen and oxygen atoms in total. The van der Waals surface area contributed by atoms with Gasteiger partial charge in [0.05, 0.1) is 13.0 Å². The lowest BCUT2D eigenvalue weighted by Gasteiger charge is -2.32. The van der Waals surface area contributed by atoms with Crippen molar-refractivity contribution in [2.24, 2.45) is 5.92 Å². The quantitative estimate of drug-likeness (QED) is 0.643. The first kappa shape index (κ1) is 21.0. The van der Waals surface area contributed by atoms with Crippen molar-refractivity contribution in [3.63, 3.8) is 0 Å². The van der Waals surface area contributed by atoms with Crippen molar-refractivity contribution in [2.45, 2.75) is 45.4 Å². The van der Waals surface area contributed by atoms with E-state index in [0.29, 0.717) is 18.3 Å². The minimum Gasteiger partial charge on any atom is -0.493 e. The summed E-state index contributed by atoms with van der Waals surface area (Å²) >= 11 is 0. The SMILES string of the molecule is CCc1cnc(N2CCC(CCCOc3ccc(CC(=O)O)c(F)c3)CC2)nc1.